The van der Waals surface area contributed by atoms with E-state index in [1.165, 1.54) is 0 Å². The summed E-state index contributed by atoms with van der Waals surface area (Å²) >= 11 is 0. The molecule has 0 aliphatic carbocycles. The van der Waals surface area contributed by atoms with Gasteiger partial charge in [0.15, 0.2) is 0 Å². The molecule has 1 aromatic heterocycles. The van der Waals surface area contributed by atoms with E-state index in [0.29, 0.717) is 18.3 Å². The van der Waals surface area contributed by atoms with Gasteiger partial charge in [-0.05, 0) is 19.4 Å². The van der Waals surface area contributed by atoms with Gasteiger partial charge in [0, 0.05) is 37.5 Å². The Morgan fingerprint density at radius 2 is 1.90 bits per heavy atom. The van der Waals surface area contributed by atoms with Crippen molar-refractivity contribution in [1.29, 1.82) is 0 Å². The predicted octanol–water partition coefficient (Wildman–Crippen LogP) is 2.28. The zero-order chi connectivity index (χ0) is 14.8. The fourth-order valence-electron chi connectivity index (χ4n) is 2.08. The summed E-state index contributed by atoms with van der Waals surface area (Å²) in [4.78, 5) is 6.56. The first kappa shape index (κ1) is 16.6. The van der Waals surface area contributed by atoms with Crippen molar-refractivity contribution in [2.24, 2.45) is 0 Å². The number of nitrogen functional groups attached to an aromatic ring is 1. The SMILES string of the molecule is CCCN(CCC)c1cc(N)nc(OCCNCC)c1. The van der Waals surface area contributed by atoms with Crippen LogP contribution in [0.1, 0.15) is 33.6 Å². The second-order valence-corrected chi connectivity index (χ2v) is 4.78. The maximum absolute atomic E-state index is 5.89. The Balaban J connectivity index is 2.72. The second kappa shape index (κ2) is 9.42. The van der Waals surface area contributed by atoms with E-state index in [9.17, 15) is 0 Å². The average Bonchev–Trinajstić information content (AvgIpc) is 2.43. The highest BCUT2D eigenvalue weighted by molar-refractivity contribution is 5.55. The van der Waals surface area contributed by atoms with Crippen molar-refractivity contribution < 1.29 is 4.74 Å². The smallest absolute Gasteiger partial charge is 0.217 e. The third-order valence-electron chi connectivity index (χ3n) is 2.94. The highest BCUT2D eigenvalue weighted by Crippen LogP contribution is 2.22. The third-order valence-corrected chi connectivity index (χ3v) is 2.94. The molecule has 0 fully saturated rings. The van der Waals surface area contributed by atoms with E-state index in [-0.39, 0.29) is 0 Å². The Bertz CT molecular complexity index is 378. The summed E-state index contributed by atoms with van der Waals surface area (Å²) in [6.07, 6.45) is 2.22. The number of pyridine rings is 1. The van der Waals surface area contributed by atoms with Crippen molar-refractivity contribution in [3.05, 3.63) is 12.1 Å². The van der Waals surface area contributed by atoms with Gasteiger partial charge in [-0.1, -0.05) is 20.8 Å². The van der Waals surface area contributed by atoms with Crippen LogP contribution in [0.3, 0.4) is 0 Å². The van der Waals surface area contributed by atoms with Crippen LogP contribution >= 0.6 is 0 Å². The molecule has 0 radical (unpaired) electrons. The van der Waals surface area contributed by atoms with Crippen LogP contribution < -0.4 is 20.7 Å². The van der Waals surface area contributed by atoms with Gasteiger partial charge < -0.3 is 20.7 Å². The van der Waals surface area contributed by atoms with E-state index in [4.69, 9.17) is 10.5 Å². The highest BCUT2D eigenvalue weighted by Gasteiger charge is 2.08. The van der Waals surface area contributed by atoms with Crippen LogP contribution in [-0.4, -0.2) is 37.8 Å². The van der Waals surface area contributed by atoms with E-state index in [1.807, 2.05) is 12.1 Å². The molecule has 0 amide bonds. The molecule has 0 saturated carbocycles. The number of likely N-dealkylation sites (N-methyl/N-ethyl adjacent to an activating group) is 1. The van der Waals surface area contributed by atoms with E-state index in [0.717, 1.165) is 44.7 Å². The van der Waals surface area contributed by atoms with E-state index < -0.39 is 0 Å². The van der Waals surface area contributed by atoms with Crippen molar-refractivity contribution in [3.8, 4) is 5.88 Å². The number of hydrogen-bond donors (Lipinski definition) is 2. The molecule has 1 aromatic rings. The standard InChI is InChI=1S/C15H28N4O/c1-4-8-19(9-5-2)13-11-14(16)18-15(12-13)20-10-7-17-6-3/h11-12,17H,4-10H2,1-3H3,(H2,16,18). The van der Waals surface area contributed by atoms with Gasteiger partial charge in [-0.15, -0.1) is 0 Å². The molecule has 20 heavy (non-hydrogen) atoms. The first-order chi connectivity index (χ1) is 9.71. The number of aromatic nitrogens is 1. The minimum atomic E-state index is 0.512. The van der Waals surface area contributed by atoms with Crippen molar-refractivity contribution in [2.75, 3.05) is 43.4 Å². The molecule has 0 unspecified atom stereocenters. The van der Waals surface area contributed by atoms with Gasteiger partial charge in [-0.25, -0.2) is 0 Å². The topological polar surface area (TPSA) is 63.4 Å². The van der Waals surface area contributed by atoms with Gasteiger partial charge in [0.25, 0.3) is 0 Å². The van der Waals surface area contributed by atoms with Crippen LogP contribution in [0.5, 0.6) is 5.88 Å². The predicted molar refractivity (Wildman–Crippen MR) is 85.5 cm³/mol. The average molecular weight is 280 g/mol. The fourth-order valence-corrected chi connectivity index (χ4v) is 2.08. The quantitative estimate of drug-likeness (QED) is 0.644. The number of nitrogens with one attached hydrogen (secondary N) is 1. The second-order valence-electron chi connectivity index (χ2n) is 4.78. The molecule has 0 saturated heterocycles. The summed E-state index contributed by atoms with van der Waals surface area (Å²) in [7, 11) is 0. The minimum absolute atomic E-state index is 0.512. The van der Waals surface area contributed by atoms with Crippen LogP contribution in [0.2, 0.25) is 0 Å². The van der Waals surface area contributed by atoms with Crippen LogP contribution in [0.15, 0.2) is 12.1 Å². The van der Waals surface area contributed by atoms with Crippen LogP contribution in [-0.2, 0) is 0 Å². The lowest BCUT2D eigenvalue weighted by atomic mass is 10.3. The van der Waals surface area contributed by atoms with Crippen LogP contribution in [0.4, 0.5) is 11.5 Å². The molecule has 1 heterocycles. The van der Waals surface area contributed by atoms with Crippen LogP contribution in [0, 0.1) is 0 Å². The summed E-state index contributed by atoms with van der Waals surface area (Å²) in [5.74, 6) is 1.12. The number of ether oxygens (including phenoxy) is 1. The lowest BCUT2D eigenvalue weighted by molar-refractivity contribution is 0.304. The monoisotopic (exact) mass is 280 g/mol. The first-order valence-electron chi connectivity index (χ1n) is 7.57. The molecular formula is C15H28N4O. The molecule has 5 nitrogen and oxygen atoms in total. The van der Waals surface area contributed by atoms with Crippen LogP contribution in [0.25, 0.3) is 0 Å². The Labute approximate surface area is 122 Å². The zero-order valence-electron chi connectivity index (χ0n) is 13.0. The molecule has 0 aliphatic rings. The maximum atomic E-state index is 5.89. The largest absolute Gasteiger partial charge is 0.476 e. The number of nitrogens with two attached hydrogens (primary N) is 1. The number of anilines is 2. The molecule has 5 heteroatoms. The molecule has 3 N–H and O–H groups in total. The molecule has 0 bridgehead atoms. The van der Waals surface area contributed by atoms with Gasteiger partial charge in [0.2, 0.25) is 5.88 Å². The van der Waals surface area contributed by atoms with Gasteiger partial charge in [-0.2, -0.15) is 4.98 Å². The van der Waals surface area contributed by atoms with Crippen molar-refractivity contribution >= 4 is 11.5 Å². The molecule has 0 spiro atoms. The van der Waals surface area contributed by atoms with E-state index in [2.05, 4.69) is 36.0 Å². The minimum Gasteiger partial charge on any atom is -0.476 e. The summed E-state index contributed by atoms with van der Waals surface area (Å²) in [5, 5.41) is 3.22. The zero-order valence-corrected chi connectivity index (χ0v) is 13.0. The van der Waals surface area contributed by atoms with Crippen molar-refractivity contribution in [1.82, 2.24) is 10.3 Å². The Morgan fingerprint density at radius 1 is 1.20 bits per heavy atom. The summed E-state index contributed by atoms with van der Waals surface area (Å²) in [5.41, 5.74) is 6.98. The summed E-state index contributed by atoms with van der Waals surface area (Å²) in [6.45, 7) is 10.8. The number of hydrogen-bond acceptors (Lipinski definition) is 5. The molecule has 0 aliphatic heterocycles. The summed E-state index contributed by atoms with van der Waals surface area (Å²) in [6, 6.07) is 3.90. The van der Waals surface area contributed by atoms with E-state index >= 15 is 0 Å². The van der Waals surface area contributed by atoms with Crippen molar-refractivity contribution in [2.45, 2.75) is 33.6 Å². The lowest BCUT2D eigenvalue weighted by Crippen LogP contribution is -2.25. The number of rotatable bonds is 10. The Hall–Kier alpha value is -1.49. The maximum Gasteiger partial charge on any atom is 0.217 e. The molecule has 1 rings (SSSR count). The van der Waals surface area contributed by atoms with Gasteiger partial charge in [0.05, 0.1) is 0 Å². The Morgan fingerprint density at radius 3 is 2.50 bits per heavy atom. The molecular weight excluding hydrogens is 252 g/mol. The van der Waals surface area contributed by atoms with Crippen molar-refractivity contribution in [3.63, 3.8) is 0 Å². The van der Waals surface area contributed by atoms with Gasteiger partial charge in [-0.3, -0.25) is 0 Å². The highest BCUT2D eigenvalue weighted by atomic mass is 16.5. The van der Waals surface area contributed by atoms with Gasteiger partial charge >= 0.3 is 0 Å². The molecule has 0 atom stereocenters. The van der Waals surface area contributed by atoms with Gasteiger partial charge in [0.1, 0.15) is 12.4 Å². The number of nitrogens with zero attached hydrogens (tertiary/aromatic N) is 2. The lowest BCUT2D eigenvalue weighted by Gasteiger charge is -2.24. The normalized spacial score (nSPS) is 10.6. The third kappa shape index (κ3) is 5.65. The first-order valence-corrected chi connectivity index (χ1v) is 7.57. The van der Waals surface area contributed by atoms with E-state index in [1.54, 1.807) is 0 Å². The fraction of sp³-hybridized carbons (Fsp3) is 0.667. The molecule has 114 valence electrons. The summed E-state index contributed by atoms with van der Waals surface area (Å²) < 4.78 is 5.66. The Kier molecular flexibility index (Phi) is 7.80. The molecule has 0 aromatic carbocycles.